The van der Waals surface area contributed by atoms with E-state index in [1.54, 1.807) is 0 Å². The molecule has 0 radical (unpaired) electrons. The van der Waals surface area contributed by atoms with E-state index in [0.717, 1.165) is 12.2 Å². The third-order valence-electron chi connectivity index (χ3n) is 1.02. The maximum absolute atomic E-state index is 10.5. The third-order valence-corrected chi connectivity index (χ3v) is 2.04. The zero-order valence-electron chi connectivity index (χ0n) is 6.50. The van der Waals surface area contributed by atoms with Crippen LogP contribution >= 0.6 is 11.8 Å². The van der Waals surface area contributed by atoms with Crippen LogP contribution in [-0.4, -0.2) is 24.6 Å². The van der Waals surface area contributed by atoms with Gasteiger partial charge >= 0.3 is 5.97 Å². The van der Waals surface area contributed by atoms with Gasteiger partial charge in [0, 0.05) is 6.42 Å². The molecule has 4 heteroatoms. The number of thioether (sulfide) groups is 1. The Balaban J connectivity index is 3.03. The normalized spacial score (nSPS) is 8.73. The minimum absolute atomic E-state index is 0.202. The van der Waals surface area contributed by atoms with Crippen LogP contribution in [0.3, 0.4) is 0 Å². The van der Waals surface area contributed by atoms with Crippen LogP contribution < -0.4 is 0 Å². The van der Waals surface area contributed by atoms with Gasteiger partial charge in [-0.15, -0.1) is 0 Å². The predicted molar refractivity (Wildman–Crippen MR) is 44.2 cm³/mol. The maximum atomic E-state index is 10.5. The monoisotopic (exact) mass is 173 g/mol. The molecule has 0 bridgehead atoms. The van der Waals surface area contributed by atoms with Gasteiger partial charge in [0.15, 0.2) is 0 Å². The Hall–Kier alpha value is -0.690. The molecule has 0 aromatic rings. The number of carbonyl (C=O) groups excluding carboxylic acids is 1. The Morgan fingerprint density at radius 1 is 1.73 bits per heavy atom. The molecule has 0 fully saturated rings. The summed E-state index contributed by atoms with van der Waals surface area (Å²) in [6.07, 6.45) is 1.41. The van der Waals surface area contributed by atoms with Crippen molar-refractivity contribution in [1.82, 2.24) is 0 Å². The lowest BCUT2D eigenvalue weighted by molar-refractivity contribution is -0.137. The number of methoxy groups -OCH3 is 1. The van der Waals surface area contributed by atoms with E-state index in [-0.39, 0.29) is 5.97 Å². The van der Waals surface area contributed by atoms with Gasteiger partial charge < -0.3 is 4.74 Å². The van der Waals surface area contributed by atoms with E-state index < -0.39 is 0 Å². The van der Waals surface area contributed by atoms with Gasteiger partial charge in [0.2, 0.25) is 0 Å². The molecule has 0 saturated carbocycles. The zero-order chi connectivity index (χ0) is 8.53. The molecule has 0 aliphatic heterocycles. The van der Waals surface area contributed by atoms with Crippen molar-refractivity contribution in [3.05, 3.63) is 0 Å². The number of hydrogen-bond acceptors (Lipinski definition) is 4. The first-order valence-electron chi connectivity index (χ1n) is 3.32. The molecule has 0 N–H and O–H groups in total. The van der Waals surface area contributed by atoms with Gasteiger partial charge in [-0.3, -0.25) is 4.79 Å². The number of esters is 1. The van der Waals surface area contributed by atoms with Gasteiger partial charge in [0.05, 0.1) is 18.9 Å². The fourth-order valence-corrected chi connectivity index (χ4v) is 1.25. The molecule has 3 nitrogen and oxygen atoms in total. The standard InChI is InChI=1S/C7H11NO2S/c1-10-7(9)6-11-5-3-2-4-8/h2-3,5-6H2,1H3. The Bertz CT molecular complexity index is 153. The first-order chi connectivity index (χ1) is 5.31. The maximum Gasteiger partial charge on any atom is 0.315 e. The highest BCUT2D eigenvalue weighted by molar-refractivity contribution is 7.99. The molecule has 0 saturated heterocycles. The van der Waals surface area contributed by atoms with Crippen LogP contribution in [-0.2, 0) is 9.53 Å². The van der Waals surface area contributed by atoms with E-state index in [4.69, 9.17) is 5.26 Å². The molecule has 0 aliphatic carbocycles. The molecule has 0 atom stereocenters. The molecule has 0 rings (SSSR count). The summed E-state index contributed by atoms with van der Waals surface area (Å²) in [5.74, 6) is 1.04. The molecule has 62 valence electrons. The fourth-order valence-electron chi connectivity index (χ4n) is 0.468. The second kappa shape index (κ2) is 7.42. The number of nitriles is 1. The summed E-state index contributed by atoms with van der Waals surface area (Å²) in [5.41, 5.74) is 0. The van der Waals surface area contributed by atoms with Crippen LogP contribution in [0.15, 0.2) is 0 Å². The summed E-state index contributed by atoms with van der Waals surface area (Å²) < 4.78 is 4.43. The van der Waals surface area contributed by atoms with Gasteiger partial charge in [-0.25, -0.2) is 0 Å². The van der Waals surface area contributed by atoms with Crippen molar-refractivity contribution in [2.45, 2.75) is 12.8 Å². The van der Waals surface area contributed by atoms with Crippen molar-refractivity contribution in [2.75, 3.05) is 18.6 Å². The lowest BCUT2D eigenvalue weighted by atomic mass is 10.4. The van der Waals surface area contributed by atoms with Crippen LogP contribution in [0.4, 0.5) is 0 Å². The quantitative estimate of drug-likeness (QED) is 0.463. The largest absolute Gasteiger partial charge is 0.468 e. The lowest BCUT2D eigenvalue weighted by Crippen LogP contribution is -2.03. The highest BCUT2D eigenvalue weighted by Gasteiger charge is 1.98. The van der Waals surface area contributed by atoms with Crippen LogP contribution in [0.2, 0.25) is 0 Å². The Labute approximate surface area is 70.7 Å². The van der Waals surface area contributed by atoms with Crippen LogP contribution in [0, 0.1) is 11.3 Å². The SMILES string of the molecule is COC(=O)CSCCCC#N. The minimum Gasteiger partial charge on any atom is -0.468 e. The van der Waals surface area contributed by atoms with Crippen molar-refractivity contribution >= 4 is 17.7 Å². The summed E-state index contributed by atoms with van der Waals surface area (Å²) in [5, 5.41) is 8.17. The van der Waals surface area contributed by atoms with Crippen LogP contribution in [0.5, 0.6) is 0 Å². The minimum atomic E-state index is -0.202. The number of rotatable bonds is 5. The number of unbranched alkanes of at least 4 members (excludes halogenated alkanes) is 1. The van der Waals surface area contributed by atoms with Gasteiger partial charge in [0.25, 0.3) is 0 Å². The van der Waals surface area contributed by atoms with E-state index >= 15 is 0 Å². The van der Waals surface area contributed by atoms with Crippen molar-refractivity contribution in [2.24, 2.45) is 0 Å². The van der Waals surface area contributed by atoms with Crippen LogP contribution in [0.25, 0.3) is 0 Å². The van der Waals surface area contributed by atoms with Gasteiger partial charge in [-0.2, -0.15) is 17.0 Å². The topological polar surface area (TPSA) is 50.1 Å². The Kier molecular flexibility index (Phi) is 6.95. The van der Waals surface area contributed by atoms with Crippen molar-refractivity contribution in [3.63, 3.8) is 0 Å². The number of ether oxygens (including phenoxy) is 1. The summed E-state index contributed by atoms with van der Waals surface area (Å²) >= 11 is 1.50. The van der Waals surface area contributed by atoms with Gasteiger partial charge in [0.1, 0.15) is 0 Å². The lowest BCUT2D eigenvalue weighted by Gasteiger charge is -1.96. The van der Waals surface area contributed by atoms with Crippen molar-refractivity contribution < 1.29 is 9.53 Å². The van der Waals surface area contributed by atoms with Crippen molar-refractivity contribution in [3.8, 4) is 6.07 Å². The average molecular weight is 173 g/mol. The molecule has 0 heterocycles. The summed E-state index contributed by atoms with van der Waals surface area (Å²) in [4.78, 5) is 10.5. The first-order valence-corrected chi connectivity index (χ1v) is 4.48. The second-order valence-corrected chi connectivity index (χ2v) is 3.00. The van der Waals surface area contributed by atoms with E-state index in [9.17, 15) is 4.79 Å². The molecular weight excluding hydrogens is 162 g/mol. The number of carbonyl (C=O) groups is 1. The summed E-state index contributed by atoms with van der Waals surface area (Å²) in [6, 6.07) is 2.04. The smallest absolute Gasteiger partial charge is 0.315 e. The Morgan fingerprint density at radius 2 is 2.45 bits per heavy atom. The van der Waals surface area contributed by atoms with E-state index in [2.05, 4.69) is 4.74 Å². The van der Waals surface area contributed by atoms with E-state index in [1.807, 2.05) is 6.07 Å². The van der Waals surface area contributed by atoms with Crippen LogP contribution in [0.1, 0.15) is 12.8 Å². The molecule has 0 unspecified atom stereocenters. The molecule has 11 heavy (non-hydrogen) atoms. The number of nitrogens with zero attached hydrogens (tertiary/aromatic N) is 1. The zero-order valence-corrected chi connectivity index (χ0v) is 7.32. The molecule has 0 spiro atoms. The van der Waals surface area contributed by atoms with Gasteiger partial charge in [-0.05, 0) is 12.2 Å². The predicted octanol–water partition coefficient (Wildman–Crippen LogP) is 1.20. The third kappa shape index (κ3) is 7.20. The van der Waals surface area contributed by atoms with Gasteiger partial charge in [-0.1, -0.05) is 0 Å². The van der Waals surface area contributed by atoms with E-state index in [0.29, 0.717) is 12.2 Å². The second-order valence-electron chi connectivity index (χ2n) is 1.89. The summed E-state index contributed by atoms with van der Waals surface area (Å²) in [7, 11) is 1.37. The molecule has 0 aromatic heterocycles. The number of hydrogen-bond donors (Lipinski definition) is 0. The average Bonchev–Trinajstić information content (AvgIpc) is 2.04. The Morgan fingerprint density at radius 3 is 3.00 bits per heavy atom. The van der Waals surface area contributed by atoms with E-state index in [1.165, 1.54) is 18.9 Å². The molecule has 0 amide bonds. The molecule has 0 aromatic carbocycles. The molecule has 0 aliphatic rings. The fraction of sp³-hybridized carbons (Fsp3) is 0.714. The van der Waals surface area contributed by atoms with Crippen molar-refractivity contribution in [1.29, 1.82) is 5.26 Å². The highest BCUT2D eigenvalue weighted by atomic mass is 32.2. The summed E-state index contributed by atoms with van der Waals surface area (Å²) in [6.45, 7) is 0. The molecular formula is C7H11NO2S. The first kappa shape index (κ1) is 10.3. The highest BCUT2D eigenvalue weighted by Crippen LogP contribution is 2.03.